The van der Waals surface area contributed by atoms with E-state index in [1.165, 1.54) is 32.3 Å². The van der Waals surface area contributed by atoms with Crippen LogP contribution in [0.5, 0.6) is 0 Å². The number of hydrogen-bond acceptors (Lipinski definition) is 3. The smallest absolute Gasteiger partial charge is 0.139 e. The SMILES string of the molecule is c1ccc(N(c2ccc(-c3nccc4oc5ccccc5c34)cc2)c2cc3c4ccccc4ccc3c3ccccc23)cc1. The minimum absolute atomic E-state index is 0.848. The predicted molar refractivity (Wildman–Crippen MR) is 184 cm³/mol. The molecule has 0 saturated carbocycles. The topological polar surface area (TPSA) is 29.3 Å². The van der Waals surface area contributed by atoms with Crippen LogP contribution in [0.3, 0.4) is 0 Å². The Balaban J connectivity index is 1.27. The molecule has 9 rings (SSSR count). The van der Waals surface area contributed by atoms with E-state index in [-0.39, 0.29) is 0 Å². The fourth-order valence-corrected chi connectivity index (χ4v) is 6.69. The molecule has 0 spiro atoms. The van der Waals surface area contributed by atoms with Gasteiger partial charge in [0.05, 0.1) is 16.8 Å². The van der Waals surface area contributed by atoms with Gasteiger partial charge in [-0.3, -0.25) is 4.98 Å². The molecular formula is C41H26N2O. The zero-order chi connectivity index (χ0) is 29.0. The first-order valence-electron chi connectivity index (χ1n) is 14.9. The molecule has 0 bridgehead atoms. The van der Waals surface area contributed by atoms with E-state index in [4.69, 9.17) is 9.40 Å². The van der Waals surface area contributed by atoms with Crippen molar-refractivity contribution in [1.82, 2.24) is 4.98 Å². The van der Waals surface area contributed by atoms with Crippen LogP contribution in [0.15, 0.2) is 162 Å². The van der Waals surface area contributed by atoms with Gasteiger partial charge in [0.1, 0.15) is 11.2 Å². The zero-order valence-electron chi connectivity index (χ0n) is 23.8. The Morgan fingerprint density at radius 2 is 1.11 bits per heavy atom. The van der Waals surface area contributed by atoms with Gasteiger partial charge in [-0.15, -0.1) is 0 Å². The Bertz CT molecular complexity index is 2490. The molecule has 0 N–H and O–H groups in total. The van der Waals surface area contributed by atoms with E-state index in [1.54, 1.807) is 0 Å². The number of anilines is 3. The highest BCUT2D eigenvalue weighted by atomic mass is 16.3. The Labute approximate surface area is 254 Å². The summed E-state index contributed by atoms with van der Waals surface area (Å²) in [6.07, 6.45) is 1.83. The van der Waals surface area contributed by atoms with Crippen molar-refractivity contribution in [2.24, 2.45) is 0 Å². The first kappa shape index (κ1) is 24.6. The third-order valence-electron chi connectivity index (χ3n) is 8.69. The monoisotopic (exact) mass is 562 g/mol. The Hall–Kier alpha value is -5.93. The van der Waals surface area contributed by atoms with Gasteiger partial charge < -0.3 is 9.32 Å². The highest BCUT2D eigenvalue weighted by Crippen LogP contribution is 2.44. The Morgan fingerprint density at radius 3 is 1.95 bits per heavy atom. The van der Waals surface area contributed by atoms with E-state index in [2.05, 4.69) is 132 Å². The number of rotatable bonds is 4. The fraction of sp³-hybridized carbons (Fsp3) is 0. The average molecular weight is 563 g/mol. The van der Waals surface area contributed by atoms with E-state index in [9.17, 15) is 0 Å². The largest absolute Gasteiger partial charge is 0.456 e. The lowest BCUT2D eigenvalue weighted by molar-refractivity contribution is 0.668. The highest BCUT2D eigenvalue weighted by molar-refractivity contribution is 6.21. The summed E-state index contributed by atoms with van der Waals surface area (Å²) in [5.41, 5.74) is 7.02. The lowest BCUT2D eigenvalue weighted by atomic mass is 9.95. The highest BCUT2D eigenvalue weighted by Gasteiger charge is 2.19. The molecule has 3 heteroatoms. The van der Waals surface area contributed by atoms with Crippen molar-refractivity contribution in [3.05, 3.63) is 158 Å². The van der Waals surface area contributed by atoms with Crippen LogP contribution >= 0.6 is 0 Å². The molecule has 9 aromatic rings. The summed E-state index contributed by atoms with van der Waals surface area (Å²) < 4.78 is 6.15. The summed E-state index contributed by atoms with van der Waals surface area (Å²) in [5.74, 6) is 0. The van der Waals surface area contributed by atoms with Crippen LogP contribution in [0.2, 0.25) is 0 Å². The third kappa shape index (κ3) is 3.80. The number of furan rings is 1. The maximum atomic E-state index is 6.15. The van der Waals surface area contributed by atoms with Crippen molar-refractivity contribution in [3.63, 3.8) is 0 Å². The number of fused-ring (bicyclic) bond motifs is 8. The van der Waals surface area contributed by atoms with Gasteiger partial charge in [0.25, 0.3) is 0 Å². The molecule has 206 valence electrons. The van der Waals surface area contributed by atoms with Crippen LogP contribution in [-0.2, 0) is 0 Å². The lowest BCUT2D eigenvalue weighted by Crippen LogP contribution is -2.10. The first-order valence-corrected chi connectivity index (χ1v) is 14.9. The quantitative estimate of drug-likeness (QED) is 0.200. The summed E-state index contributed by atoms with van der Waals surface area (Å²) >= 11 is 0. The van der Waals surface area contributed by atoms with Gasteiger partial charge in [0.2, 0.25) is 0 Å². The molecule has 0 fully saturated rings. The molecule has 0 amide bonds. The normalized spacial score (nSPS) is 11.6. The van der Waals surface area contributed by atoms with Gasteiger partial charge in [0, 0.05) is 33.9 Å². The van der Waals surface area contributed by atoms with Crippen LogP contribution in [0.4, 0.5) is 17.1 Å². The Morgan fingerprint density at radius 1 is 0.455 bits per heavy atom. The van der Waals surface area contributed by atoms with Crippen molar-refractivity contribution in [1.29, 1.82) is 0 Å². The van der Waals surface area contributed by atoms with Crippen LogP contribution < -0.4 is 4.90 Å². The molecule has 2 heterocycles. The van der Waals surface area contributed by atoms with E-state index < -0.39 is 0 Å². The van der Waals surface area contributed by atoms with Gasteiger partial charge in [0.15, 0.2) is 0 Å². The number of benzene rings is 7. The summed E-state index contributed by atoms with van der Waals surface area (Å²) in [5, 5.41) is 9.58. The standard InChI is InChI=1S/C41H26N2O/c1-2-11-29(12-3-1)43(37-26-36-31-13-5-4-10-27(31)20-23-33(36)32-14-6-7-15-34(32)37)30-21-18-28(19-22-30)41-40-35-16-8-9-17-38(35)44-39(40)24-25-42-41/h1-26H. The molecule has 0 aliphatic heterocycles. The predicted octanol–water partition coefficient (Wildman–Crippen LogP) is 11.6. The maximum Gasteiger partial charge on any atom is 0.139 e. The second-order valence-corrected chi connectivity index (χ2v) is 11.2. The second-order valence-electron chi connectivity index (χ2n) is 11.2. The zero-order valence-corrected chi connectivity index (χ0v) is 23.8. The molecule has 44 heavy (non-hydrogen) atoms. The molecule has 2 aromatic heterocycles. The molecule has 0 saturated heterocycles. The van der Waals surface area contributed by atoms with Gasteiger partial charge >= 0.3 is 0 Å². The Kier molecular flexibility index (Phi) is 5.50. The lowest BCUT2D eigenvalue weighted by Gasteiger charge is -2.28. The minimum atomic E-state index is 0.848. The number of pyridine rings is 1. The molecule has 0 unspecified atom stereocenters. The number of para-hydroxylation sites is 2. The van der Waals surface area contributed by atoms with Crippen LogP contribution in [0, 0.1) is 0 Å². The number of hydrogen-bond donors (Lipinski definition) is 0. The first-order chi connectivity index (χ1) is 21.8. The molecule has 0 atom stereocenters. The molecule has 3 nitrogen and oxygen atoms in total. The van der Waals surface area contributed by atoms with Crippen molar-refractivity contribution >= 4 is 71.3 Å². The number of nitrogens with zero attached hydrogens (tertiary/aromatic N) is 2. The van der Waals surface area contributed by atoms with Gasteiger partial charge in [-0.05, 0) is 69.4 Å². The molecule has 7 aromatic carbocycles. The third-order valence-corrected chi connectivity index (χ3v) is 8.69. The van der Waals surface area contributed by atoms with Gasteiger partial charge in [-0.25, -0.2) is 0 Å². The van der Waals surface area contributed by atoms with Crippen LogP contribution in [0.1, 0.15) is 0 Å². The van der Waals surface area contributed by atoms with Gasteiger partial charge in [-0.2, -0.15) is 0 Å². The fourth-order valence-electron chi connectivity index (χ4n) is 6.69. The summed E-state index contributed by atoms with van der Waals surface area (Å²) in [6, 6.07) is 53.7. The summed E-state index contributed by atoms with van der Waals surface area (Å²) in [6.45, 7) is 0. The summed E-state index contributed by atoms with van der Waals surface area (Å²) in [4.78, 5) is 7.19. The molecule has 0 radical (unpaired) electrons. The van der Waals surface area contributed by atoms with E-state index >= 15 is 0 Å². The van der Waals surface area contributed by atoms with Crippen molar-refractivity contribution in [3.8, 4) is 11.3 Å². The summed E-state index contributed by atoms with van der Waals surface area (Å²) in [7, 11) is 0. The molecular weight excluding hydrogens is 536 g/mol. The van der Waals surface area contributed by atoms with Crippen molar-refractivity contribution in [2.75, 3.05) is 4.90 Å². The van der Waals surface area contributed by atoms with E-state index in [0.717, 1.165) is 50.3 Å². The molecule has 0 aliphatic rings. The van der Waals surface area contributed by atoms with E-state index in [1.807, 2.05) is 30.5 Å². The van der Waals surface area contributed by atoms with Gasteiger partial charge in [-0.1, -0.05) is 109 Å². The van der Waals surface area contributed by atoms with Crippen LogP contribution in [-0.4, -0.2) is 4.98 Å². The average Bonchev–Trinajstić information content (AvgIpc) is 3.48. The maximum absolute atomic E-state index is 6.15. The second kappa shape index (κ2) is 9.82. The van der Waals surface area contributed by atoms with Crippen molar-refractivity contribution in [2.45, 2.75) is 0 Å². The minimum Gasteiger partial charge on any atom is -0.456 e. The number of aromatic nitrogens is 1. The van der Waals surface area contributed by atoms with Crippen molar-refractivity contribution < 1.29 is 4.42 Å². The van der Waals surface area contributed by atoms with E-state index in [0.29, 0.717) is 0 Å². The van der Waals surface area contributed by atoms with Crippen LogP contribution in [0.25, 0.3) is 65.5 Å². The molecule has 0 aliphatic carbocycles.